The van der Waals surface area contributed by atoms with Crippen molar-refractivity contribution in [3.63, 3.8) is 0 Å². The topological polar surface area (TPSA) is 65.5 Å². The number of para-hydroxylation sites is 1. The number of fused-ring (bicyclic) bond motifs is 1. The van der Waals surface area contributed by atoms with Gasteiger partial charge in [-0.3, -0.25) is 4.79 Å². The molecule has 25 heavy (non-hydrogen) atoms. The average molecular weight is 337 g/mol. The Kier molecular flexibility index (Phi) is 4.40. The predicted molar refractivity (Wildman–Crippen MR) is 97.9 cm³/mol. The van der Waals surface area contributed by atoms with Gasteiger partial charge in [0.25, 0.3) is 5.91 Å². The maximum atomic E-state index is 12.8. The molecule has 1 saturated carbocycles. The highest BCUT2D eigenvalue weighted by Gasteiger charge is 2.25. The van der Waals surface area contributed by atoms with Gasteiger partial charge in [0, 0.05) is 24.5 Å². The number of hydrogen-bond acceptors (Lipinski definition) is 4. The van der Waals surface area contributed by atoms with E-state index in [0.29, 0.717) is 11.6 Å². The molecule has 2 aromatic rings. The van der Waals surface area contributed by atoms with Gasteiger partial charge in [0.2, 0.25) is 0 Å². The summed E-state index contributed by atoms with van der Waals surface area (Å²) in [6, 6.07) is 12.1. The number of aliphatic hydroxyl groups is 1. The first-order valence-corrected chi connectivity index (χ1v) is 9.01. The van der Waals surface area contributed by atoms with Crippen LogP contribution in [0, 0.1) is 0 Å². The van der Waals surface area contributed by atoms with E-state index >= 15 is 0 Å². The first kappa shape index (κ1) is 16.1. The second kappa shape index (κ2) is 6.84. The van der Waals surface area contributed by atoms with Crippen LogP contribution < -0.4 is 10.2 Å². The molecular formula is C20H23N3O2. The van der Waals surface area contributed by atoms with Gasteiger partial charge in [-0.15, -0.1) is 0 Å². The van der Waals surface area contributed by atoms with Gasteiger partial charge in [-0.1, -0.05) is 18.2 Å². The molecule has 0 spiro atoms. The van der Waals surface area contributed by atoms with E-state index in [9.17, 15) is 9.90 Å². The van der Waals surface area contributed by atoms with Gasteiger partial charge in [0.15, 0.2) is 0 Å². The van der Waals surface area contributed by atoms with Crippen molar-refractivity contribution in [2.24, 2.45) is 0 Å². The Morgan fingerprint density at radius 1 is 1.12 bits per heavy atom. The van der Waals surface area contributed by atoms with E-state index in [2.05, 4.69) is 16.4 Å². The van der Waals surface area contributed by atoms with Crippen molar-refractivity contribution in [3.05, 3.63) is 53.7 Å². The molecule has 0 unspecified atom stereocenters. The Balaban J connectivity index is 1.43. The molecule has 130 valence electrons. The maximum Gasteiger partial charge on any atom is 0.259 e. The summed E-state index contributed by atoms with van der Waals surface area (Å²) in [5.74, 6) is 0.796. The summed E-state index contributed by atoms with van der Waals surface area (Å²) >= 11 is 0. The quantitative estimate of drug-likeness (QED) is 0.904. The molecule has 0 atom stereocenters. The number of benzene rings is 1. The molecule has 1 fully saturated rings. The average Bonchev–Trinajstić information content (AvgIpc) is 3.08. The predicted octanol–water partition coefficient (Wildman–Crippen LogP) is 3.00. The van der Waals surface area contributed by atoms with Crippen LogP contribution in [0.4, 0.5) is 11.5 Å². The molecule has 0 saturated heterocycles. The maximum absolute atomic E-state index is 12.8. The second-order valence-electron chi connectivity index (χ2n) is 6.92. The molecule has 1 aromatic carbocycles. The lowest BCUT2D eigenvalue weighted by molar-refractivity contribution is 0.0989. The Hall–Kier alpha value is -2.40. The molecule has 2 aliphatic rings. The number of rotatable bonds is 3. The minimum Gasteiger partial charge on any atom is -0.393 e. The van der Waals surface area contributed by atoms with E-state index in [1.54, 1.807) is 6.20 Å². The molecular weight excluding hydrogens is 314 g/mol. The first-order valence-electron chi connectivity index (χ1n) is 9.01. The number of carbonyl (C=O) groups excluding carboxylic acids is 1. The smallest absolute Gasteiger partial charge is 0.259 e. The number of amides is 1. The first-order chi connectivity index (χ1) is 12.2. The van der Waals surface area contributed by atoms with Crippen LogP contribution >= 0.6 is 0 Å². The summed E-state index contributed by atoms with van der Waals surface area (Å²) in [6.45, 7) is 0.725. The van der Waals surface area contributed by atoms with Gasteiger partial charge in [-0.05, 0) is 55.9 Å². The van der Waals surface area contributed by atoms with Gasteiger partial charge >= 0.3 is 0 Å². The van der Waals surface area contributed by atoms with Crippen molar-refractivity contribution >= 4 is 17.4 Å². The zero-order valence-electron chi connectivity index (χ0n) is 14.2. The largest absolute Gasteiger partial charge is 0.393 e. The molecule has 1 aliphatic carbocycles. The number of aliphatic hydroxyl groups excluding tert-OH is 1. The zero-order chi connectivity index (χ0) is 17.2. The van der Waals surface area contributed by atoms with Gasteiger partial charge in [-0.25, -0.2) is 4.98 Å². The molecule has 1 aromatic heterocycles. The Morgan fingerprint density at radius 2 is 1.92 bits per heavy atom. The molecule has 4 rings (SSSR count). The summed E-state index contributed by atoms with van der Waals surface area (Å²) in [5, 5.41) is 13.0. The van der Waals surface area contributed by atoms with Crippen molar-refractivity contribution in [1.82, 2.24) is 4.98 Å². The van der Waals surface area contributed by atoms with Crippen LogP contribution in [-0.2, 0) is 6.42 Å². The lowest BCUT2D eigenvalue weighted by Gasteiger charge is -2.26. The number of carbonyl (C=O) groups is 1. The minimum atomic E-state index is -0.158. The van der Waals surface area contributed by atoms with Crippen LogP contribution in [-0.4, -0.2) is 34.7 Å². The number of nitrogens with one attached hydrogen (secondary N) is 1. The fourth-order valence-corrected chi connectivity index (χ4v) is 3.74. The highest BCUT2D eigenvalue weighted by Crippen LogP contribution is 2.29. The number of aromatic nitrogens is 1. The standard InChI is InChI=1S/C20H23N3O2/c24-17-8-6-16(7-9-17)22-19-10-5-15(13-21-19)20(25)23-12-11-14-3-1-2-4-18(14)23/h1-5,10,13,16-17,24H,6-9,11-12H2,(H,21,22). The van der Waals surface area contributed by atoms with Crippen molar-refractivity contribution in [3.8, 4) is 0 Å². The summed E-state index contributed by atoms with van der Waals surface area (Å²) in [7, 11) is 0. The normalized spacial score (nSPS) is 22.5. The number of pyridine rings is 1. The monoisotopic (exact) mass is 337 g/mol. The van der Waals surface area contributed by atoms with E-state index in [1.165, 1.54) is 5.56 Å². The highest BCUT2D eigenvalue weighted by atomic mass is 16.3. The van der Waals surface area contributed by atoms with E-state index in [0.717, 1.165) is 50.2 Å². The number of hydrogen-bond donors (Lipinski definition) is 2. The summed E-state index contributed by atoms with van der Waals surface area (Å²) < 4.78 is 0. The van der Waals surface area contributed by atoms with Crippen LogP contribution in [0.1, 0.15) is 41.6 Å². The van der Waals surface area contributed by atoms with Crippen LogP contribution in [0.5, 0.6) is 0 Å². The Bertz CT molecular complexity index is 752. The molecule has 2 heterocycles. The summed E-state index contributed by atoms with van der Waals surface area (Å²) in [5.41, 5.74) is 2.85. The fraction of sp³-hybridized carbons (Fsp3) is 0.400. The third-order valence-corrected chi connectivity index (χ3v) is 5.19. The van der Waals surface area contributed by atoms with Gasteiger partial charge < -0.3 is 15.3 Å². The molecule has 5 nitrogen and oxygen atoms in total. The molecule has 1 aliphatic heterocycles. The lowest BCUT2D eigenvalue weighted by atomic mass is 9.93. The third kappa shape index (κ3) is 3.37. The fourth-order valence-electron chi connectivity index (χ4n) is 3.74. The minimum absolute atomic E-state index is 0.00443. The van der Waals surface area contributed by atoms with E-state index in [1.807, 2.05) is 35.2 Å². The van der Waals surface area contributed by atoms with E-state index < -0.39 is 0 Å². The van der Waals surface area contributed by atoms with Crippen molar-refractivity contribution in [1.29, 1.82) is 0 Å². The molecule has 0 bridgehead atoms. The van der Waals surface area contributed by atoms with Crippen LogP contribution in [0.15, 0.2) is 42.6 Å². The van der Waals surface area contributed by atoms with Crippen LogP contribution in [0.2, 0.25) is 0 Å². The van der Waals surface area contributed by atoms with Gasteiger partial charge in [0.1, 0.15) is 5.82 Å². The molecule has 1 amide bonds. The van der Waals surface area contributed by atoms with Gasteiger partial charge in [-0.2, -0.15) is 0 Å². The zero-order valence-corrected chi connectivity index (χ0v) is 14.2. The third-order valence-electron chi connectivity index (χ3n) is 5.19. The molecule has 0 radical (unpaired) electrons. The Morgan fingerprint density at radius 3 is 2.68 bits per heavy atom. The van der Waals surface area contributed by atoms with Crippen molar-refractivity contribution < 1.29 is 9.90 Å². The summed E-state index contributed by atoms with van der Waals surface area (Å²) in [4.78, 5) is 19.0. The lowest BCUT2D eigenvalue weighted by Crippen LogP contribution is -2.29. The highest BCUT2D eigenvalue weighted by molar-refractivity contribution is 6.07. The van der Waals surface area contributed by atoms with E-state index in [-0.39, 0.29) is 12.0 Å². The second-order valence-corrected chi connectivity index (χ2v) is 6.92. The number of nitrogens with zero attached hydrogens (tertiary/aromatic N) is 2. The van der Waals surface area contributed by atoms with Crippen LogP contribution in [0.25, 0.3) is 0 Å². The summed E-state index contributed by atoms with van der Waals surface area (Å²) in [6.07, 6.45) is 5.98. The SMILES string of the molecule is O=C(c1ccc(NC2CCC(O)CC2)nc1)N1CCc2ccccc21. The Labute approximate surface area is 147 Å². The number of anilines is 2. The van der Waals surface area contributed by atoms with Crippen molar-refractivity contribution in [2.45, 2.75) is 44.2 Å². The van der Waals surface area contributed by atoms with Crippen LogP contribution in [0.3, 0.4) is 0 Å². The van der Waals surface area contributed by atoms with Crippen molar-refractivity contribution in [2.75, 3.05) is 16.8 Å². The molecule has 2 N–H and O–H groups in total. The van der Waals surface area contributed by atoms with Gasteiger partial charge in [0.05, 0.1) is 11.7 Å². The van der Waals surface area contributed by atoms with E-state index in [4.69, 9.17) is 0 Å². The molecule has 5 heteroatoms.